The van der Waals surface area contributed by atoms with Crippen molar-refractivity contribution in [3.63, 3.8) is 0 Å². The summed E-state index contributed by atoms with van der Waals surface area (Å²) in [7, 11) is -1.76. The Hall–Kier alpha value is -2.10. The lowest BCUT2D eigenvalue weighted by molar-refractivity contribution is 0.0997. The first-order valence-corrected chi connectivity index (χ1v) is 13.1. The fourth-order valence-electron chi connectivity index (χ4n) is 2.88. The number of fused-ring (bicyclic) bond motifs is 1. The number of hydrogen-bond acceptors (Lipinski definition) is 6. The Morgan fingerprint density at radius 3 is 2.50 bits per heavy atom. The molecule has 30 heavy (non-hydrogen) atoms. The maximum Gasteiger partial charge on any atom is 0.279 e. The average Bonchev–Trinajstić information content (AvgIpc) is 3.07. The van der Waals surface area contributed by atoms with E-state index in [1.807, 2.05) is 29.0 Å². The molecule has 0 aliphatic carbocycles. The van der Waals surface area contributed by atoms with Crippen LogP contribution in [0.1, 0.15) is 24.2 Å². The standard InChI is InChI=1S/C21H24N2O4S3/c1-14(2)30(25,26)17-8-5-15(6-9-17)20(24)22-21-23(11-12-28-4)18-10-7-16(27-3)13-19(18)29-21/h5-10,13-14H,11-12H2,1-4H3. The van der Waals surface area contributed by atoms with Gasteiger partial charge in [0, 0.05) is 17.9 Å². The molecule has 0 saturated carbocycles. The van der Waals surface area contributed by atoms with Gasteiger partial charge in [-0.05, 0) is 62.6 Å². The highest BCUT2D eigenvalue weighted by Crippen LogP contribution is 2.23. The van der Waals surface area contributed by atoms with Crippen molar-refractivity contribution in [3.05, 3.63) is 52.8 Å². The molecule has 0 atom stereocenters. The van der Waals surface area contributed by atoms with Gasteiger partial charge in [0.2, 0.25) is 0 Å². The predicted octanol–water partition coefficient (Wildman–Crippen LogP) is 4.00. The number of carbonyl (C=O) groups excluding carboxylic acids is 1. The van der Waals surface area contributed by atoms with Crippen LogP contribution in [0.25, 0.3) is 10.2 Å². The monoisotopic (exact) mass is 464 g/mol. The molecule has 0 spiro atoms. The van der Waals surface area contributed by atoms with Crippen molar-refractivity contribution in [1.29, 1.82) is 0 Å². The van der Waals surface area contributed by atoms with Gasteiger partial charge in [-0.1, -0.05) is 11.3 Å². The second-order valence-electron chi connectivity index (χ2n) is 6.90. The summed E-state index contributed by atoms with van der Waals surface area (Å²) in [5, 5.41) is -0.519. The molecular weight excluding hydrogens is 440 g/mol. The average molecular weight is 465 g/mol. The molecule has 0 saturated heterocycles. The summed E-state index contributed by atoms with van der Waals surface area (Å²) in [6.07, 6.45) is 2.03. The summed E-state index contributed by atoms with van der Waals surface area (Å²) in [6.45, 7) is 3.99. The minimum Gasteiger partial charge on any atom is -0.497 e. The molecule has 3 aromatic rings. The normalized spacial score (nSPS) is 12.6. The predicted molar refractivity (Wildman–Crippen MR) is 123 cm³/mol. The number of rotatable bonds is 7. The van der Waals surface area contributed by atoms with Gasteiger partial charge in [0.05, 0.1) is 27.5 Å². The van der Waals surface area contributed by atoms with Crippen molar-refractivity contribution in [2.75, 3.05) is 19.1 Å². The molecule has 0 bridgehead atoms. The number of aryl methyl sites for hydroxylation is 1. The molecule has 3 rings (SSSR count). The molecule has 1 heterocycles. The van der Waals surface area contributed by atoms with Gasteiger partial charge in [-0.2, -0.15) is 16.8 Å². The highest BCUT2D eigenvalue weighted by molar-refractivity contribution is 7.98. The van der Waals surface area contributed by atoms with Crippen LogP contribution in [0.2, 0.25) is 0 Å². The Morgan fingerprint density at radius 1 is 1.20 bits per heavy atom. The van der Waals surface area contributed by atoms with Crippen LogP contribution in [0.15, 0.2) is 52.4 Å². The van der Waals surface area contributed by atoms with Gasteiger partial charge < -0.3 is 9.30 Å². The molecule has 0 aliphatic heterocycles. The van der Waals surface area contributed by atoms with Crippen LogP contribution in [-0.4, -0.2) is 43.3 Å². The van der Waals surface area contributed by atoms with Crippen molar-refractivity contribution in [2.45, 2.75) is 30.5 Å². The first-order chi connectivity index (χ1) is 14.3. The van der Waals surface area contributed by atoms with Gasteiger partial charge in [0.25, 0.3) is 5.91 Å². The van der Waals surface area contributed by atoms with Crippen LogP contribution < -0.4 is 9.54 Å². The van der Waals surface area contributed by atoms with E-state index in [9.17, 15) is 13.2 Å². The van der Waals surface area contributed by atoms with E-state index in [4.69, 9.17) is 4.74 Å². The highest BCUT2D eigenvalue weighted by atomic mass is 32.2. The van der Waals surface area contributed by atoms with Crippen molar-refractivity contribution in [1.82, 2.24) is 4.57 Å². The van der Waals surface area contributed by atoms with Crippen molar-refractivity contribution >= 4 is 49.1 Å². The molecule has 1 aromatic heterocycles. The second-order valence-corrected chi connectivity index (χ2v) is 11.4. The SMILES string of the molecule is COc1ccc2c(c1)sc(=NC(=O)c1ccc(S(=O)(=O)C(C)C)cc1)n2CCSC. The number of sulfone groups is 1. The molecule has 0 fully saturated rings. The third-order valence-corrected chi connectivity index (χ3v) is 8.46. The molecule has 2 aromatic carbocycles. The number of nitrogens with zero attached hydrogens (tertiary/aromatic N) is 2. The minimum absolute atomic E-state index is 0.207. The molecule has 6 nitrogen and oxygen atoms in total. The molecule has 1 amide bonds. The van der Waals surface area contributed by atoms with Crippen LogP contribution in [0.4, 0.5) is 0 Å². The van der Waals surface area contributed by atoms with E-state index in [0.717, 1.165) is 28.3 Å². The summed E-state index contributed by atoms with van der Waals surface area (Å²) >= 11 is 3.15. The molecule has 9 heteroatoms. The van der Waals surface area contributed by atoms with Gasteiger partial charge in [0.1, 0.15) is 5.75 Å². The van der Waals surface area contributed by atoms with Crippen molar-refractivity contribution < 1.29 is 17.9 Å². The summed E-state index contributed by atoms with van der Waals surface area (Å²) < 4.78 is 32.9. The third kappa shape index (κ3) is 4.63. The number of thioether (sulfide) groups is 1. The highest BCUT2D eigenvalue weighted by Gasteiger charge is 2.19. The number of thiazole rings is 1. The van der Waals surface area contributed by atoms with E-state index < -0.39 is 21.0 Å². The lowest BCUT2D eigenvalue weighted by Gasteiger charge is -2.07. The topological polar surface area (TPSA) is 77.7 Å². The zero-order chi connectivity index (χ0) is 21.9. The van der Waals surface area contributed by atoms with Crippen LogP contribution in [0.3, 0.4) is 0 Å². The molecule has 0 aliphatic rings. The number of aromatic nitrogens is 1. The first-order valence-electron chi connectivity index (χ1n) is 9.37. The maximum absolute atomic E-state index is 12.8. The fourth-order valence-corrected chi connectivity index (χ4v) is 5.38. The van der Waals surface area contributed by atoms with E-state index in [0.29, 0.717) is 10.4 Å². The number of ether oxygens (including phenoxy) is 1. The lowest BCUT2D eigenvalue weighted by Crippen LogP contribution is -2.18. The van der Waals surface area contributed by atoms with Gasteiger partial charge in [-0.3, -0.25) is 4.79 Å². The number of benzene rings is 2. The Morgan fingerprint density at radius 2 is 1.90 bits per heavy atom. The Labute approximate surface area is 184 Å². The Balaban J connectivity index is 2.02. The number of methoxy groups -OCH3 is 1. The lowest BCUT2D eigenvalue weighted by atomic mass is 10.2. The van der Waals surface area contributed by atoms with Gasteiger partial charge in [-0.15, -0.1) is 0 Å². The quantitative estimate of drug-likeness (QED) is 0.528. The largest absolute Gasteiger partial charge is 0.497 e. The zero-order valence-corrected chi connectivity index (χ0v) is 19.7. The van der Waals surface area contributed by atoms with Crippen molar-refractivity contribution in [2.24, 2.45) is 4.99 Å². The molecule has 0 N–H and O–H groups in total. The molecular formula is C21H24N2O4S3. The molecule has 160 valence electrons. The van der Waals surface area contributed by atoms with Crippen LogP contribution in [-0.2, 0) is 16.4 Å². The summed E-state index contributed by atoms with van der Waals surface area (Å²) in [6, 6.07) is 11.8. The smallest absolute Gasteiger partial charge is 0.279 e. The van der Waals surface area contributed by atoms with E-state index in [1.165, 1.54) is 35.6 Å². The van der Waals surface area contributed by atoms with Gasteiger partial charge in [0.15, 0.2) is 14.6 Å². The maximum atomic E-state index is 12.8. The summed E-state index contributed by atoms with van der Waals surface area (Å²) in [5.41, 5.74) is 1.35. The molecule has 0 radical (unpaired) electrons. The summed E-state index contributed by atoms with van der Waals surface area (Å²) in [5.74, 6) is 1.24. The van der Waals surface area contributed by atoms with Gasteiger partial charge >= 0.3 is 0 Å². The van der Waals surface area contributed by atoms with Crippen LogP contribution >= 0.6 is 23.1 Å². The fraction of sp³-hybridized carbons (Fsp3) is 0.333. The van der Waals surface area contributed by atoms with E-state index >= 15 is 0 Å². The summed E-state index contributed by atoms with van der Waals surface area (Å²) in [4.78, 5) is 17.9. The molecule has 0 unspecified atom stereocenters. The van der Waals surface area contributed by atoms with E-state index in [2.05, 4.69) is 4.99 Å². The van der Waals surface area contributed by atoms with Crippen molar-refractivity contribution in [3.8, 4) is 5.75 Å². The second kappa shape index (κ2) is 9.36. The third-order valence-electron chi connectivity index (χ3n) is 4.66. The van der Waals surface area contributed by atoms with Crippen LogP contribution in [0.5, 0.6) is 5.75 Å². The number of amides is 1. The Bertz CT molecular complexity index is 1220. The minimum atomic E-state index is -3.38. The van der Waals surface area contributed by atoms with E-state index in [1.54, 1.807) is 32.7 Å². The van der Waals surface area contributed by atoms with E-state index in [-0.39, 0.29) is 4.90 Å². The first kappa shape index (κ1) is 22.6. The van der Waals surface area contributed by atoms with Gasteiger partial charge in [-0.25, -0.2) is 8.42 Å². The number of hydrogen-bond donors (Lipinski definition) is 0. The number of carbonyl (C=O) groups is 1. The van der Waals surface area contributed by atoms with Crippen LogP contribution in [0, 0.1) is 0 Å². The zero-order valence-electron chi connectivity index (χ0n) is 17.3. The Kier molecular flexibility index (Phi) is 7.05.